The zero-order valence-electron chi connectivity index (χ0n) is 29.3. The molecule has 3 aromatic carbocycles. The van der Waals surface area contributed by atoms with Crippen molar-refractivity contribution < 1.29 is 24.7 Å². The Bertz CT molecular complexity index is 1570. The standard InChI is InChI=1S/C40H52N4O6/c1-3-4-5-12-21-40(37(47)48)34(30-15-13-20-33(28-30)44(49)50)39(36(45)46,29(2)42-35(40)41)22-14-25-43-26-23-38(24-27-43,31-16-8-6-9-17-31)32-18-10-7-11-19-32/h6-11,13,15-20,28-29,34-35,42H,3-5,12,14,21-27,41H2,1-2H3,(H,45,46)(H,47,48)/t29?,34?,35-,39?,40?/m1/s1. The Morgan fingerprint density at radius 2 is 1.44 bits per heavy atom. The fraction of sp³-hybridized carbons (Fsp3) is 0.500. The number of non-ortho nitro benzene ring substituents is 1. The van der Waals surface area contributed by atoms with Crippen molar-refractivity contribution in [2.24, 2.45) is 16.6 Å². The molecular weight excluding hydrogens is 632 g/mol. The fourth-order valence-electron chi connectivity index (χ4n) is 9.16. The highest BCUT2D eigenvalue weighted by Crippen LogP contribution is 2.59. The molecule has 10 nitrogen and oxygen atoms in total. The largest absolute Gasteiger partial charge is 0.481 e. The second kappa shape index (κ2) is 15.8. The van der Waals surface area contributed by atoms with E-state index in [1.807, 2.05) is 12.1 Å². The van der Waals surface area contributed by atoms with Crippen LogP contribution in [0.5, 0.6) is 0 Å². The molecule has 0 aromatic heterocycles. The second-order valence-corrected chi connectivity index (χ2v) is 14.4. The fourth-order valence-corrected chi connectivity index (χ4v) is 9.16. The third-order valence-corrected chi connectivity index (χ3v) is 11.9. The maximum atomic E-state index is 13.7. The normalized spacial score (nSPS) is 26.7. The minimum atomic E-state index is -1.70. The lowest BCUT2D eigenvalue weighted by Gasteiger charge is -2.57. The van der Waals surface area contributed by atoms with E-state index in [1.54, 1.807) is 13.0 Å². The SMILES string of the molecule is CCCCCCC1(C(=O)O)C(c2cccc([N+](=O)[O-])c2)C(CCCN2CCC(c3ccccc3)(c3ccccc3)CC2)(C(=O)O)C(C)N[C@H]1N. The molecule has 0 spiro atoms. The molecule has 2 aliphatic rings. The van der Waals surface area contributed by atoms with Gasteiger partial charge in [0.05, 0.1) is 16.5 Å². The summed E-state index contributed by atoms with van der Waals surface area (Å²) in [6.45, 7) is 6.12. The topological polar surface area (TPSA) is 159 Å². The van der Waals surface area contributed by atoms with Crippen molar-refractivity contribution in [3.63, 3.8) is 0 Å². The van der Waals surface area contributed by atoms with Gasteiger partial charge in [0.25, 0.3) is 5.69 Å². The molecule has 50 heavy (non-hydrogen) atoms. The highest BCUT2D eigenvalue weighted by Gasteiger charge is 2.66. The lowest BCUT2D eigenvalue weighted by molar-refractivity contribution is -0.385. The highest BCUT2D eigenvalue weighted by atomic mass is 16.6. The number of aliphatic carboxylic acids is 2. The maximum Gasteiger partial charge on any atom is 0.313 e. The minimum Gasteiger partial charge on any atom is -0.481 e. The van der Waals surface area contributed by atoms with E-state index in [9.17, 15) is 29.9 Å². The number of hydrogen-bond acceptors (Lipinski definition) is 7. The summed E-state index contributed by atoms with van der Waals surface area (Å²) in [6.07, 6.45) is 4.78. The summed E-state index contributed by atoms with van der Waals surface area (Å²) in [5.41, 5.74) is 5.99. The van der Waals surface area contributed by atoms with Crippen LogP contribution in [-0.4, -0.2) is 63.8 Å². The first-order chi connectivity index (χ1) is 24.0. The Morgan fingerprint density at radius 1 is 0.860 bits per heavy atom. The highest BCUT2D eigenvalue weighted by molar-refractivity contribution is 5.84. The first-order valence-corrected chi connectivity index (χ1v) is 18.1. The Balaban J connectivity index is 1.46. The summed E-state index contributed by atoms with van der Waals surface area (Å²) in [5, 5.41) is 37.4. The molecule has 5 N–H and O–H groups in total. The van der Waals surface area contributed by atoms with Gasteiger partial charge >= 0.3 is 11.9 Å². The third kappa shape index (κ3) is 6.93. The van der Waals surface area contributed by atoms with Gasteiger partial charge in [-0.15, -0.1) is 0 Å². The van der Waals surface area contributed by atoms with Gasteiger partial charge in [-0.1, -0.05) is 105 Å². The van der Waals surface area contributed by atoms with E-state index in [4.69, 9.17) is 5.73 Å². The van der Waals surface area contributed by atoms with Crippen molar-refractivity contribution in [2.45, 2.75) is 95.2 Å². The number of carboxylic acids is 2. The molecule has 3 aromatic rings. The zero-order chi connectivity index (χ0) is 35.9. The van der Waals surface area contributed by atoms with Crippen LogP contribution in [0.25, 0.3) is 0 Å². The number of nitro benzene ring substituents is 1. The van der Waals surface area contributed by atoms with E-state index >= 15 is 0 Å². The number of nitrogens with zero attached hydrogens (tertiary/aromatic N) is 2. The van der Waals surface area contributed by atoms with Gasteiger partial charge in [-0.05, 0) is 75.4 Å². The third-order valence-electron chi connectivity index (χ3n) is 11.9. The lowest BCUT2D eigenvalue weighted by Crippen LogP contribution is -2.72. The van der Waals surface area contributed by atoms with Crippen molar-refractivity contribution in [2.75, 3.05) is 19.6 Å². The van der Waals surface area contributed by atoms with E-state index in [1.165, 1.54) is 29.3 Å². The number of hydrogen-bond donors (Lipinski definition) is 4. The molecule has 2 fully saturated rings. The number of carboxylic acid groups (broad SMARTS) is 2. The number of nitrogens with two attached hydrogens (primary N) is 1. The van der Waals surface area contributed by atoms with Gasteiger partial charge < -0.3 is 20.8 Å². The van der Waals surface area contributed by atoms with Crippen LogP contribution in [0.4, 0.5) is 5.69 Å². The van der Waals surface area contributed by atoms with Crippen molar-refractivity contribution in [1.29, 1.82) is 0 Å². The molecule has 5 atom stereocenters. The van der Waals surface area contributed by atoms with Crippen LogP contribution in [-0.2, 0) is 15.0 Å². The molecule has 2 aliphatic heterocycles. The molecule has 4 unspecified atom stereocenters. The van der Waals surface area contributed by atoms with Crippen LogP contribution in [0.15, 0.2) is 84.9 Å². The van der Waals surface area contributed by atoms with Crippen LogP contribution in [0.3, 0.4) is 0 Å². The number of unbranched alkanes of at least 4 members (excludes halogenated alkanes) is 3. The van der Waals surface area contributed by atoms with E-state index < -0.39 is 45.8 Å². The smallest absolute Gasteiger partial charge is 0.313 e. The Labute approximate surface area is 295 Å². The van der Waals surface area contributed by atoms with Crippen molar-refractivity contribution >= 4 is 17.6 Å². The molecule has 268 valence electrons. The molecule has 10 heteroatoms. The van der Waals surface area contributed by atoms with Gasteiger partial charge in [-0.25, -0.2) is 0 Å². The first kappa shape index (κ1) is 37.1. The number of piperidine rings is 2. The number of rotatable bonds is 15. The Hall–Kier alpha value is -4.12. The predicted molar refractivity (Wildman–Crippen MR) is 194 cm³/mol. The number of nitrogens with one attached hydrogen (secondary N) is 1. The van der Waals surface area contributed by atoms with Gasteiger partial charge in [0.15, 0.2) is 0 Å². The number of nitro groups is 1. The summed E-state index contributed by atoms with van der Waals surface area (Å²) in [4.78, 5) is 41.0. The van der Waals surface area contributed by atoms with Crippen LogP contribution in [0.1, 0.15) is 94.2 Å². The van der Waals surface area contributed by atoms with Gasteiger partial charge in [0.2, 0.25) is 0 Å². The van der Waals surface area contributed by atoms with E-state index in [2.05, 4.69) is 65.7 Å². The average molecular weight is 685 g/mol. The molecule has 0 radical (unpaired) electrons. The van der Waals surface area contributed by atoms with E-state index in [0.717, 1.165) is 45.2 Å². The van der Waals surface area contributed by atoms with Crippen LogP contribution in [0.2, 0.25) is 0 Å². The Morgan fingerprint density at radius 3 is 1.98 bits per heavy atom. The minimum absolute atomic E-state index is 0.120. The van der Waals surface area contributed by atoms with Gasteiger partial charge in [-0.3, -0.25) is 25.0 Å². The molecular formula is C40H52N4O6. The summed E-state index contributed by atoms with van der Waals surface area (Å²) >= 11 is 0. The molecule has 2 heterocycles. The van der Waals surface area contributed by atoms with E-state index in [0.29, 0.717) is 24.9 Å². The molecule has 2 saturated heterocycles. The first-order valence-electron chi connectivity index (χ1n) is 18.1. The summed E-state index contributed by atoms with van der Waals surface area (Å²) in [6, 6.07) is 26.4. The molecule has 0 aliphatic carbocycles. The average Bonchev–Trinajstić information content (AvgIpc) is 3.12. The number of carbonyl (C=O) groups is 2. The van der Waals surface area contributed by atoms with E-state index in [-0.39, 0.29) is 23.9 Å². The van der Waals surface area contributed by atoms with Gasteiger partial charge in [-0.2, -0.15) is 0 Å². The van der Waals surface area contributed by atoms with Gasteiger partial charge in [0, 0.05) is 29.5 Å². The van der Waals surface area contributed by atoms with Crippen LogP contribution >= 0.6 is 0 Å². The summed E-state index contributed by atoms with van der Waals surface area (Å²) < 4.78 is 0. The van der Waals surface area contributed by atoms with Crippen LogP contribution < -0.4 is 11.1 Å². The molecule has 5 rings (SSSR count). The Kier molecular flexibility index (Phi) is 11.8. The van der Waals surface area contributed by atoms with Gasteiger partial charge in [0.1, 0.15) is 5.41 Å². The molecule has 0 saturated carbocycles. The second-order valence-electron chi connectivity index (χ2n) is 14.4. The quantitative estimate of drug-likeness (QED) is 0.0757. The lowest BCUT2D eigenvalue weighted by atomic mass is 9.50. The number of likely N-dealkylation sites (tertiary alicyclic amines) is 1. The number of benzene rings is 3. The summed E-state index contributed by atoms with van der Waals surface area (Å²) in [5.74, 6) is -3.41. The maximum absolute atomic E-state index is 13.7. The summed E-state index contributed by atoms with van der Waals surface area (Å²) in [7, 11) is 0. The zero-order valence-corrected chi connectivity index (χ0v) is 29.3. The molecule has 0 bridgehead atoms. The molecule has 0 amide bonds. The van der Waals surface area contributed by atoms with Crippen LogP contribution in [0, 0.1) is 20.9 Å². The predicted octanol–water partition coefficient (Wildman–Crippen LogP) is 6.93. The van der Waals surface area contributed by atoms with Crippen molar-refractivity contribution in [1.82, 2.24) is 10.2 Å². The monoisotopic (exact) mass is 684 g/mol. The van der Waals surface area contributed by atoms with Crippen molar-refractivity contribution in [3.8, 4) is 0 Å². The van der Waals surface area contributed by atoms with Crippen molar-refractivity contribution in [3.05, 3.63) is 112 Å².